The molecular formula is C50H43BN2O. The predicted molar refractivity (Wildman–Crippen MR) is 231 cm³/mol. The smallest absolute Gasteiger partial charge is 0.252 e. The fourth-order valence-corrected chi connectivity index (χ4v) is 9.09. The number of furan rings is 1. The molecular weight excluding hydrogens is 655 g/mol. The Morgan fingerprint density at radius 3 is 1.74 bits per heavy atom. The minimum absolute atomic E-state index is 0.118. The fourth-order valence-electron chi connectivity index (χ4n) is 9.09. The molecule has 262 valence electrons. The van der Waals surface area contributed by atoms with Crippen LogP contribution in [-0.4, -0.2) is 6.71 Å². The summed E-state index contributed by atoms with van der Waals surface area (Å²) in [6.45, 7) is 9.13. The van der Waals surface area contributed by atoms with Crippen LogP contribution in [0.3, 0.4) is 0 Å². The molecule has 2 aliphatic heterocycles. The van der Waals surface area contributed by atoms with Gasteiger partial charge in [0.05, 0.1) is 0 Å². The first kappa shape index (κ1) is 32.6. The topological polar surface area (TPSA) is 19.6 Å². The first-order valence-corrected chi connectivity index (χ1v) is 19.7. The second-order valence-corrected chi connectivity index (χ2v) is 14.8. The molecule has 0 unspecified atom stereocenters. The summed E-state index contributed by atoms with van der Waals surface area (Å²) < 4.78 is 6.23. The molecule has 0 saturated heterocycles. The molecule has 0 N–H and O–H groups in total. The van der Waals surface area contributed by atoms with Gasteiger partial charge < -0.3 is 14.2 Å². The van der Waals surface area contributed by atoms with E-state index in [2.05, 4.69) is 171 Å². The maximum Gasteiger partial charge on any atom is 0.252 e. The number of rotatable bonds is 7. The van der Waals surface area contributed by atoms with Crippen molar-refractivity contribution in [1.82, 2.24) is 0 Å². The zero-order chi connectivity index (χ0) is 36.5. The standard InChI is InChI=1S/C50H43BN2O/c1-5-32-16-22-37(23-17-32)52-44-25-18-33(6-2)28-42(44)51-43-29-34(7-3)19-26-45(43)53(47-14-11-13-46(52)50(47)51)38-24-20-35(8-4)40(31-38)36-21-27-49-41(30-36)39-12-9-10-15-48(39)54-49/h9-31H,5-8H2,1-4H3. The largest absolute Gasteiger partial charge is 0.456 e. The van der Waals surface area contributed by atoms with E-state index < -0.39 is 0 Å². The molecule has 3 heterocycles. The summed E-state index contributed by atoms with van der Waals surface area (Å²) in [7, 11) is 0. The summed E-state index contributed by atoms with van der Waals surface area (Å²) in [5, 5.41) is 2.31. The van der Waals surface area contributed by atoms with Crippen molar-refractivity contribution in [3.05, 3.63) is 162 Å². The molecule has 1 aromatic heterocycles. The van der Waals surface area contributed by atoms with Gasteiger partial charge in [-0.2, -0.15) is 0 Å². The Balaban J connectivity index is 1.21. The van der Waals surface area contributed by atoms with Crippen LogP contribution >= 0.6 is 0 Å². The van der Waals surface area contributed by atoms with Crippen molar-refractivity contribution in [1.29, 1.82) is 0 Å². The van der Waals surface area contributed by atoms with Gasteiger partial charge in [-0.3, -0.25) is 0 Å². The minimum atomic E-state index is 0.118. The van der Waals surface area contributed by atoms with E-state index in [1.807, 2.05) is 6.07 Å². The highest BCUT2D eigenvalue weighted by atomic mass is 16.3. The highest BCUT2D eigenvalue weighted by Gasteiger charge is 2.43. The van der Waals surface area contributed by atoms with Crippen LogP contribution in [0.5, 0.6) is 0 Å². The lowest BCUT2D eigenvalue weighted by Crippen LogP contribution is -2.61. The van der Waals surface area contributed by atoms with Gasteiger partial charge in [0.2, 0.25) is 0 Å². The molecule has 3 nitrogen and oxygen atoms in total. The molecule has 10 rings (SSSR count). The molecule has 0 amide bonds. The third-order valence-corrected chi connectivity index (χ3v) is 12.0. The number of nitrogens with zero attached hydrogens (tertiary/aromatic N) is 2. The summed E-state index contributed by atoms with van der Waals surface area (Å²) in [5.74, 6) is 0. The Morgan fingerprint density at radius 1 is 0.463 bits per heavy atom. The van der Waals surface area contributed by atoms with Crippen molar-refractivity contribution in [3.63, 3.8) is 0 Å². The van der Waals surface area contributed by atoms with E-state index in [1.54, 1.807) is 0 Å². The van der Waals surface area contributed by atoms with Crippen molar-refractivity contribution in [2.75, 3.05) is 9.80 Å². The first-order valence-electron chi connectivity index (χ1n) is 19.7. The van der Waals surface area contributed by atoms with Crippen LogP contribution in [0.2, 0.25) is 0 Å². The van der Waals surface area contributed by atoms with E-state index in [0.29, 0.717) is 0 Å². The van der Waals surface area contributed by atoms with E-state index in [0.717, 1.165) is 47.6 Å². The third-order valence-electron chi connectivity index (χ3n) is 12.0. The summed E-state index contributed by atoms with van der Waals surface area (Å²) >= 11 is 0. The SMILES string of the molecule is CCc1ccc(N2c3ccc(CC)cc3B3c4cc(CC)ccc4N(c4ccc(CC)c(-c5ccc6oc7ccccc7c6c5)c4)c4cccc2c43)cc1. The zero-order valence-electron chi connectivity index (χ0n) is 31.5. The van der Waals surface area contributed by atoms with Gasteiger partial charge in [-0.15, -0.1) is 0 Å². The van der Waals surface area contributed by atoms with Crippen molar-refractivity contribution in [2.24, 2.45) is 0 Å². The fraction of sp³-hybridized carbons (Fsp3) is 0.160. The van der Waals surface area contributed by atoms with Crippen LogP contribution in [0, 0.1) is 0 Å². The van der Waals surface area contributed by atoms with Crippen molar-refractivity contribution >= 4 is 79.2 Å². The average Bonchev–Trinajstić information content (AvgIpc) is 3.61. The van der Waals surface area contributed by atoms with Crippen LogP contribution < -0.4 is 26.2 Å². The lowest BCUT2D eigenvalue weighted by Gasteiger charge is -2.44. The average molecular weight is 699 g/mol. The van der Waals surface area contributed by atoms with Gasteiger partial charge in [0.25, 0.3) is 6.71 Å². The number of benzene rings is 7. The normalized spacial score (nSPS) is 13.0. The predicted octanol–water partition coefficient (Wildman–Crippen LogP) is 11.6. The van der Waals surface area contributed by atoms with Crippen LogP contribution in [0.1, 0.15) is 49.9 Å². The second-order valence-electron chi connectivity index (χ2n) is 14.8. The van der Waals surface area contributed by atoms with Gasteiger partial charge in [0, 0.05) is 44.9 Å². The molecule has 0 saturated carbocycles. The highest BCUT2D eigenvalue weighted by molar-refractivity contribution is 7.00. The van der Waals surface area contributed by atoms with Gasteiger partial charge in [0.15, 0.2) is 0 Å². The van der Waals surface area contributed by atoms with Crippen LogP contribution in [0.25, 0.3) is 33.1 Å². The maximum atomic E-state index is 6.23. The monoisotopic (exact) mass is 698 g/mol. The summed E-state index contributed by atoms with van der Waals surface area (Å²) in [5.41, 5.74) is 21.2. The summed E-state index contributed by atoms with van der Waals surface area (Å²) in [6.07, 6.45) is 3.96. The molecule has 0 bridgehead atoms. The lowest BCUT2D eigenvalue weighted by molar-refractivity contribution is 0.669. The number of anilines is 6. The van der Waals surface area contributed by atoms with E-state index in [1.165, 1.54) is 83.9 Å². The van der Waals surface area contributed by atoms with Crippen LogP contribution in [0.4, 0.5) is 34.1 Å². The van der Waals surface area contributed by atoms with Crippen molar-refractivity contribution < 1.29 is 4.42 Å². The Hall–Kier alpha value is -6.00. The third kappa shape index (κ3) is 4.96. The van der Waals surface area contributed by atoms with E-state index in [-0.39, 0.29) is 6.71 Å². The van der Waals surface area contributed by atoms with E-state index in [9.17, 15) is 0 Å². The first-order chi connectivity index (χ1) is 26.6. The summed E-state index contributed by atoms with van der Waals surface area (Å²) in [4.78, 5) is 5.04. The number of fused-ring (bicyclic) bond motifs is 7. The molecule has 4 heteroatoms. The molecule has 54 heavy (non-hydrogen) atoms. The number of hydrogen-bond donors (Lipinski definition) is 0. The Morgan fingerprint density at radius 2 is 1.07 bits per heavy atom. The van der Waals surface area contributed by atoms with Gasteiger partial charge in [0.1, 0.15) is 11.2 Å². The Labute approximate surface area is 318 Å². The van der Waals surface area contributed by atoms with E-state index >= 15 is 0 Å². The highest BCUT2D eigenvalue weighted by Crippen LogP contribution is 2.45. The molecule has 0 atom stereocenters. The van der Waals surface area contributed by atoms with Gasteiger partial charge >= 0.3 is 0 Å². The van der Waals surface area contributed by atoms with Gasteiger partial charge in [-0.1, -0.05) is 100 Å². The molecule has 0 aliphatic carbocycles. The minimum Gasteiger partial charge on any atom is -0.456 e. The second kappa shape index (κ2) is 12.8. The number of aryl methyl sites for hydroxylation is 4. The molecule has 0 spiro atoms. The number of para-hydroxylation sites is 1. The zero-order valence-corrected chi connectivity index (χ0v) is 31.5. The number of hydrogen-bond acceptors (Lipinski definition) is 3. The summed E-state index contributed by atoms with van der Waals surface area (Å²) in [6, 6.07) is 52.6. The quantitative estimate of drug-likeness (QED) is 0.155. The molecule has 2 aliphatic rings. The molecule has 7 aromatic carbocycles. The van der Waals surface area contributed by atoms with Crippen molar-refractivity contribution in [3.8, 4) is 11.1 Å². The van der Waals surface area contributed by atoms with Gasteiger partial charge in [-0.25, -0.2) is 0 Å². The van der Waals surface area contributed by atoms with Crippen molar-refractivity contribution in [2.45, 2.75) is 53.4 Å². The van der Waals surface area contributed by atoms with Crippen LogP contribution in [-0.2, 0) is 25.7 Å². The Bertz CT molecular complexity index is 2740. The van der Waals surface area contributed by atoms with E-state index in [4.69, 9.17) is 4.42 Å². The molecule has 8 aromatic rings. The Kier molecular flexibility index (Phi) is 7.76. The van der Waals surface area contributed by atoms with Gasteiger partial charge in [-0.05, 0) is 142 Å². The van der Waals surface area contributed by atoms with Crippen LogP contribution in [0.15, 0.2) is 144 Å². The maximum absolute atomic E-state index is 6.23. The molecule has 0 radical (unpaired) electrons. The molecule has 0 fully saturated rings. The lowest BCUT2D eigenvalue weighted by atomic mass is 9.33.